The first kappa shape index (κ1) is 18.0. The first-order chi connectivity index (χ1) is 13.0. The number of fused-ring (bicyclic) bond motifs is 1. The molecule has 3 aromatic rings. The zero-order valence-electron chi connectivity index (χ0n) is 15.0. The van der Waals surface area contributed by atoms with E-state index >= 15 is 0 Å². The molecule has 0 bridgehead atoms. The Kier molecular flexibility index (Phi) is 4.91. The lowest BCUT2D eigenvalue weighted by Crippen LogP contribution is -2.27. The van der Waals surface area contributed by atoms with E-state index in [1.165, 1.54) is 5.56 Å². The van der Waals surface area contributed by atoms with E-state index in [1.807, 2.05) is 48.5 Å². The third kappa shape index (κ3) is 3.72. The minimum absolute atomic E-state index is 0.101. The fourth-order valence-corrected chi connectivity index (χ4v) is 4.06. The highest BCUT2D eigenvalue weighted by Gasteiger charge is 2.37. The molecule has 3 aromatic carbocycles. The summed E-state index contributed by atoms with van der Waals surface area (Å²) in [5.74, 6) is 0.773. The second kappa shape index (κ2) is 7.35. The van der Waals surface area contributed by atoms with Crippen molar-refractivity contribution < 1.29 is 9.53 Å². The second-order valence-corrected chi connectivity index (χ2v) is 8.32. The molecule has 0 fully saturated rings. The first-order valence-corrected chi connectivity index (χ1v) is 10.0. The number of ether oxygens (including phenoxy) is 1. The zero-order chi connectivity index (χ0) is 18.9. The molecule has 1 aliphatic heterocycles. The molecule has 0 saturated heterocycles. The number of halogens is 1. The van der Waals surface area contributed by atoms with Crippen LogP contribution in [0.4, 0.5) is 5.69 Å². The van der Waals surface area contributed by atoms with Crippen molar-refractivity contribution >= 4 is 34.2 Å². The standard InChI is InChI=1S/C23H20INO2/c1-23(14-16-7-3-2-4-8-16)15-27-21-12-11-17(13-18(21)23)22(26)25-20-10-6-5-9-19(20)24/h2-13H,14-15H2,1H3,(H,25,26). The van der Waals surface area contributed by atoms with E-state index in [2.05, 4.69) is 59.1 Å². The van der Waals surface area contributed by atoms with Gasteiger partial charge in [0.05, 0.1) is 12.3 Å². The fourth-order valence-electron chi connectivity index (χ4n) is 3.53. The number of anilines is 1. The zero-order valence-corrected chi connectivity index (χ0v) is 17.2. The average Bonchev–Trinajstić information content (AvgIpc) is 3.00. The van der Waals surface area contributed by atoms with E-state index in [0.29, 0.717) is 12.2 Å². The van der Waals surface area contributed by atoms with Crippen LogP contribution in [0, 0.1) is 3.57 Å². The molecule has 1 unspecified atom stereocenters. The largest absolute Gasteiger partial charge is 0.492 e. The van der Waals surface area contributed by atoms with Gasteiger partial charge in [0.2, 0.25) is 0 Å². The van der Waals surface area contributed by atoms with Crippen molar-refractivity contribution in [1.29, 1.82) is 0 Å². The van der Waals surface area contributed by atoms with Crippen molar-refractivity contribution in [2.75, 3.05) is 11.9 Å². The van der Waals surface area contributed by atoms with Crippen LogP contribution in [0.15, 0.2) is 72.8 Å². The van der Waals surface area contributed by atoms with Crippen molar-refractivity contribution in [3.63, 3.8) is 0 Å². The van der Waals surface area contributed by atoms with Gasteiger partial charge in [-0.1, -0.05) is 49.4 Å². The van der Waals surface area contributed by atoms with Crippen LogP contribution in [-0.4, -0.2) is 12.5 Å². The summed E-state index contributed by atoms with van der Waals surface area (Å²) in [4.78, 5) is 12.8. The Labute approximate surface area is 172 Å². The van der Waals surface area contributed by atoms with Crippen molar-refractivity contribution in [3.8, 4) is 5.75 Å². The van der Waals surface area contributed by atoms with Crippen molar-refractivity contribution in [2.24, 2.45) is 0 Å². The molecule has 1 N–H and O–H groups in total. The topological polar surface area (TPSA) is 38.3 Å². The van der Waals surface area contributed by atoms with Gasteiger partial charge in [-0.2, -0.15) is 0 Å². The molecule has 0 aromatic heterocycles. The molecule has 1 amide bonds. The third-order valence-electron chi connectivity index (χ3n) is 5.00. The number of benzene rings is 3. The quantitative estimate of drug-likeness (QED) is 0.518. The van der Waals surface area contributed by atoms with Gasteiger partial charge in [-0.15, -0.1) is 0 Å². The molecule has 0 aliphatic carbocycles. The minimum atomic E-state index is -0.145. The number of para-hydroxylation sites is 1. The summed E-state index contributed by atoms with van der Waals surface area (Å²) in [6, 6.07) is 23.9. The highest BCUT2D eigenvalue weighted by atomic mass is 127. The Morgan fingerprint density at radius 1 is 1.07 bits per heavy atom. The maximum atomic E-state index is 12.8. The molecule has 1 aliphatic rings. The summed E-state index contributed by atoms with van der Waals surface area (Å²) in [6.07, 6.45) is 0.877. The van der Waals surface area contributed by atoms with Gasteiger partial charge in [0.1, 0.15) is 5.75 Å². The Morgan fingerprint density at radius 2 is 1.81 bits per heavy atom. The molecule has 3 nitrogen and oxygen atoms in total. The van der Waals surface area contributed by atoms with E-state index in [-0.39, 0.29) is 11.3 Å². The molecule has 4 rings (SSSR count). The third-order valence-corrected chi connectivity index (χ3v) is 5.94. The number of hydrogen-bond donors (Lipinski definition) is 1. The molecule has 0 saturated carbocycles. The molecular weight excluding hydrogens is 449 g/mol. The molecule has 1 heterocycles. The van der Waals surface area contributed by atoms with Crippen LogP contribution in [0.3, 0.4) is 0 Å². The van der Waals surface area contributed by atoms with Crippen LogP contribution in [-0.2, 0) is 11.8 Å². The van der Waals surface area contributed by atoms with Gasteiger partial charge in [0.15, 0.2) is 0 Å². The van der Waals surface area contributed by atoms with Crippen molar-refractivity contribution in [2.45, 2.75) is 18.8 Å². The van der Waals surface area contributed by atoms with E-state index < -0.39 is 0 Å². The molecule has 1 atom stereocenters. The van der Waals surface area contributed by atoms with Gasteiger partial charge >= 0.3 is 0 Å². The molecule has 0 radical (unpaired) electrons. The van der Waals surface area contributed by atoms with Gasteiger partial charge in [-0.05, 0) is 64.9 Å². The van der Waals surface area contributed by atoms with E-state index in [4.69, 9.17) is 4.74 Å². The smallest absolute Gasteiger partial charge is 0.255 e. The highest BCUT2D eigenvalue weighted by molar-refractivity contribution is 14.1. The summed E-state index contributed by atoms with van der Waals surface area (Å²) in [5.41, 5.74) is 3.70. The summed E-state index contributed by atoms with van der Waals surface area (Å²) in [5, 5.41) is 3.01. The van der Waals surface area contributed by atoms with Crippen molar-refractivity contribution in [1.82, 2.24) is 0 Å². The molecule has 27 heavy (non-hydrogen) atoms. The van der Waals surface area contributed by atoms with E-state index in [9.17, 15) is 4.79 Å². The SMILES string of the molecule is CC1(Cc2ccccc2)COc2ccc(C(=O)Nc3ccccc3I)cc21. The number of carbonyl (C=O) groups excluding carboxylic acids is 1. The predicted octanol–water partition coefficient (Wildman–Crippen LogP) is 5.44. The normalized spacial score (nSPS) is 17.9. The fraction of sp³-hybridized carbons (Fsp3) is 0.174. The van der Waals surface area contributed by atoms with Crippen LogP contribution < -0.4 is 10.1 Å². The van der Waals surface area contributed by atoms with Gasteiger partial charge in [-0.3, -0.25) is 4.79 Å². The van der Waals surface area contributed by atoms with E-state index in [1.54, 1.807) is 0 Å². The number of rotatable bonds is 4. The van der Waals surface area contributed by atoms with Gasteiger partial charge < -0.3 is 10.1 Å². The summed E-state index contributed by atoms with van der Waals surface area (Å²) < 4.78 is 6.94. The summed E-state index contributed by atoms with van der Waals surface area (Å²) >= 11 is 2.23. The maximum Gasteiger partial charge on any atom is 0.255 e. The second-order valence-electron chi connectivity index (χ2n) is 7.16. The van der Waals surface area contributed by atoms with Crippen LogP contribution in [0.5, 0.6) is 5.75 Å². The Balaban J connectivity index is 1.61. The lowest BCUT2D eigenvalue weighted by atomic mass is 9.78. The predicted molar refractivity (Wildman–Crippen MR) is 117 cm³/mol. The van der Waals surface area contributed by atoms with Gasteiger partial charge in [0.25, 0.3) is 5.91 Å². The lowest BCUT2D eigenvalue weighted by Gasteiger charge is -2.23. The molecular formula is C23H20INO2. The van der Waals surface area contributed by atoms with Gasteiger partial charge in [0, 0.05) is 20.1 Å². The van der Waals surface area contributed by atoms with Crippen LogP contribution >= 0.6 is 22.6 Å². The minimum Gasteiger partial charge on any atom is -0.492 e. The van der Waals surface area contributed by atoms with Gasteiger partial charge in [-0.25, -0.2) is 0 Å². The molecule has 0 spiro atoms. The monoisotopic (exact) mass is 469 g/mol. The Bertz CT molecular complexity index is 987. The van der Waals surface area contributed by atoms with Crippen LogP contribution in [0.2, 0.25) is 0 Å². The van der Waals surface area contributed by atoms with Crippen molar-refractivity contribution in [3.05, 3.63) is 93.1 Å². The summed E-state index contributed by atoms with van der Waals surface area (Å²) in [6.45, 7) is 2.83. The number of amides is 1. The molecule has 136 valence electrons. The summed E-state index contributed by atoms with van der Waals surface area (Å²) in [7, 11) is 0. The molecule has 4 heteroatoms. The number of hydrogen-bond acceptors (Lipinski definition) is 2. The average molecular weight is 469 g/mol. The van der Waals surface area contributed by atoms with E-state index in [0.717, 1.165) is 27.0 Å². The number of nitrogens with one attached hydrogen (secondary N) is 1. The highest BCUT2D eigenvalue weighted by Crippen LogP contribution is 2.41. The Hall–Kier alpha value is -2.34. The Morgan fingerprint density at radius 3 is 2.59 bits per heavy atom. The first-order valence-electron chi connectivity index (χ1n) is 8.92. The lowest BCUT2D eigenvalue weighted by molar-refractivity contribution is 0.102. The maximum absolute atomic E-state index is 12.8. The number of carbonyl (C=O) groups is 1. The van der Waals surface area contributed by atoms with Crippen LogP contribution in [0.1, 0.15) is 28.4 Å². The van der Waals surface area contributed by atoms with Crippen LogP contribution in [0.25, 0.3) is 0 Å².